The van der Waals surface area contributed by atoms with E-state index in [0.29, 0.717) is 0 Å². The maximum absolute atomic E-state index is 11.2. The largest absolute Gasteiger partial charge is 0.450 e. The number of allylic oxidation sites excluding steroid dienone is 2. The first-order chi connectivity index (χ1) is 6.77. The van der Waals surface area contributed by atoms with Crippen molar-refractivity contribution in [1.29, 1.82) is 0 Å². The number of carbonyl (C=O) groups excluding carboxylic acids is 2. The number of halogens is 3. The van der Waals surface area contributed by atoms with Crippen molar-refractivity contribution in [3.8, 4) is 0 Å². The number of ketones is 1. The van der Waals surface area contributed by atoms with Crippen molar-refractivity contribution >= 4 is 46.7 Å². The van der Waals surface area contributed by atoms with Crippen molar-refractivity contribution in [3.63, 3.8) is 0 Å². The lowest BCUT2D eigenvalue weighted by Crippen LogP contribution is -2.24. The smallest absolute Gasteiger partial charge is 0.411 e. The second-order valence-electron chi connectivity index (χ2n) is 2.53. The van der Waals surface area contributed by atoms with Crippen LogP contribution in [0.25, 0.3) is 0 Å². The molecule has 0 aromatic carbocycles. The first-order valence-electron chi connectivity index (χ1n) is 4.00. The zero-order valence-electron chi connectivity index (χ0n) is 8.14. The molecule has 7 heteroatoms. The normalized spacial score (nSPS) is 12.2. The first kappa shape index (κ1) is 14.6. The Bertz CT molecular complexity index is 283. The van der Waals surface area contributed by atoms with Gasteiger partial charge in [-0.15, -0.1) is 0 Å². The zero-order valence-corrected chi connectivity index (χ0v) is 10.4. The van der Waals surface area contributed by atoms with Crippen LogP contribution >= 0.6 is 34.8 Å². The first-order valence-corrected chi connectivity index (χ1v) is 5.14. The summed E-state index contributed by atoms with van der Waals surface area (Å²) in [5.41, 5.74) is 0.241. The topological polar surface area (TPSA) is 55.4 Å². The van der Waals surface area contributed by atoms with Gasteiger partial charge in [0.05, 0.1) is 6.61 Å². The molecule has 1 amide bonds. The van der Waals surface area contributed by atoms with Gasteiger partial charge in [0, 0.05) is 11.8 Å². The highest BCUT2D eigenvalue weighted by atomic mass is 35.6. The van der Waals surface area contributed by atoms with Crippen molar-refractivity contribution in [1.82, 2.24) is 5.32 Å². The number of rotatable bonds is 3. The second-order valence-corrected chi connectivity index (χ2v) is 4.82. The molecule has 4 nitrogen and oxygen atoms in total. The third-order valence-electron chi connectivity index (χ3n) is 1.20. The van der Waals surface area contributed by atoms with Crippen molar-refractivity contribution < 1.29 is 14.3 Å². The van der Waals surface area contributed by atoms with Gasteiger partial charge in [0.1, 0.15) is 0 Å². The quantitative estimate of drug-likeness (QED) is 0.636. The molecule has 0 saturated carbocycles. The minimum atomic E-state index is -2.02. The lowest BCUT2D eigenvalue weighted by Gasteiger charge is -2.08. The van der Waals surface area contributed by atoms with Gasteiger partial charge in [0.2, 0.25) is 5.78 Å². The lowest BCUT2D eigenvalue weighted by molar-refractivity contribution is -0.113. The van der Waals surface area contributed by atoms with E-state index in [1.807, 2.05) is 0 Å². The van der Waals surface area contributed by atoms with Gasteiger partial charge < -0.3 is 4.74 Å². The molecule has 1 N–H and O–H groups in total. The Hall–Kier alpha value is -0.450. The number of alkyl halides is 3. The molecule has 0 atom stereocenters. The van der Waals surface area contributed by atoms with Crippen LogP contribution in [-0.2, 0) is 9.53 Å². The predicted molar refractivity (Wildman–Crippen MR) is 59.2 cm³/mol. The van der Waals surface area contributed by atoms with E-state index >= 15 is 0 Å². The Morgan fingerprint density at radius 2 is 1.93 bits per heavy atom. The van der Waals surface area contributed by atoms with E-state index in [1.165, 1.54) is 6.92 Å². The van der Waals surface area contributed by atoms with E-state index in [2.05, 4.69) is 10.1 Å². The van der Waals surface area contributed by atoms with Crippen LogP contribution in [0.2, 0.25) is 0 Å². The monoisotopic (exact) mass is 273 g/mol. The summed E-state index contributed by atoms with van der Waals surface area (Å²) in [6.45, 7) is 3.37. The van der Waals surface area contributed by atoms with Crippen molar-refractivity contribution in [2.45, 2.75) is 17.6 Å². The van der Waals surface area contributed by atoms with Gasteiger partial charge in [-0.25, -0.2) is 4.79 Å². The average molecular weight is 275 g/mol. The lowest BCUT2D eigenvalue weighted by atomic mass is 10.3. The number of amides is 1. The fraction of sp³-hybridized carbons (Fsp3) is 0.500. The molecule has 0 radical (unpaired) electrons. The SMILES string of the molecule is CCOC(=O)N/C(C)=C\C(=O)C(Cl)(Cl)Cl. The van der Waals surface area contributed by atoms with Crippen LogP contribution in [-0.4, -0.2) is 22.3 Å². The second kappa shape index (κ2) is 6.20. The van der Waals surface area contributed by atoms with Gasteiger partial charge in [0.15, 0.2) is 0 Å². The molecule has 0 aromatic heterocycles. The van der Waals surface area contributed by atoms with Crippen molar-refractivity contribution in [3.05, 3.63) is 11.8 Å². The average Bonchev–Trinajstić information content (AvgIpc) is 2.01. The number of nitrogens with one attached hydrogen (secondary N) is 1. The minimum Gasteiger partial charge on any atom is -0.450 e. The van der Waals surface area contributed by atoms with Gasteiger partial charge >= 0.3 is 6.09 Å². The van der Waals surface area contributed by atoms with E-state index in [1.54, 1.807) is 6.92 Å². The van der Waals surface area contributed by atoms with Gasteiger partial charge in [-0.05, 0) is 13.8 Å². The Morgan fingerprint density at radius 1 is 1.40 bits per heavy atom. The molecule has 15 heavy (non-hydrogen) atoms. The Balaban J connectivity index is 4.33. The summed E-state index contributed by atoms with van der Waals surface area (Å²) in [7, 11) is 0. The van der Waals surface area contributed by atoms with Crippen LogP contribution in [0.5, 0.6) is 0 Å². The third-order valence-corrected chi connectivity index (χ3v) is 1.76. The molecule has 0 unspecified atom stereocenters. The highest BCUT2D eigenvalue weighted by Gasteiger charge is 2.28. The van der Waals surface area contributed by atoms with E-state index in [4.69, 9.17) is 34.8 Å². The molecular formula is C8H10Cl3NO3. The maximum atomic E-state index is 11.2. The standard InChI is InChI=1S/C8H10Cl3NO3/c1-3-15-7(14)12-5(2)4-6(13)8(9,10)11/h4H,3H2,1-2H3,(H,12,14)/b5-4-. The van der Waals surface area contributed by atoms with E-state index in [-0.39, 0.29) is 12.3 Å². The van der Waals surface area contributed by atoms with Crippen LogP contribution < -0.4 is 5.32 Å². The van der Waals surface area contributed by atoms with E-state index in [9.17, 15) is 9.59 Å². The molecule has 0 aliphatic carbocycles. The van der Waals surface area contributed by atoms with Crippen molar-refractivity contribution in [2.24, 2.45) is 0 Å². The summed E-state index contributed by atoms with van der Waals surface area (Å²) < 4.78 is 2.56. The van der Waals surface area contributed by atoms with E-state index < -0.39 is 15.7 Å². The Kier molecular flexibility index (Phi) is 6.02. The van der Waals surface area contributed by atoms with Gasteiger partial charge in [-0.1, -0.05) is 34.8 Å². The fourth-order valence-electron chi connectivity index (χ4n) is 0.643. The van der Waals surface area contributed by atoms with Gasteiger partial charge in [0.25, 0.3) is 3.79 Å². The molecule has 0 aliphatic heterocycles. The summed E-state index contributed by atoms with van der Waals surface area (Å²) in [6.07, 6.45) is 0.354. The van der Waals surface area contributed by atoms with Crippen LogP contribution in [0.4, 0.5) is 4.79 Å². The molecule has 0 spiro atoms. The molecule has 0 bridgehead atoms. The number of hydrogen-bond acceptors (Lipinski definition) is 3. The van der Waals surface area contributed by atoms with Crippen LogP contribution in [0.1, 0.15) is 13.8 Å². The van der Waals surface area contributed by atoms with Crippen LogP contribution in [0.15, 0.2) is 11.8 Å². The Labute approximate surface area is 103 Å². The molecule has 86 valence electrons. The summed E-state index contributed by atoms with van der Waals surface area (Å²) in [6, 6.07) is 0. The molecule has 0 aromatic rings. The molecule has 0 rings (SSSR count). The highest BCUT2D eigenvalue weighted by Crippen LogP contribution is 2.27. The van der Waals surface area contributed by atoms with Crippen LogP contribution in [0.3, 0.4) is 0 Å². The minimum absolute atomic E-state index is 0.234. The molecule has 0 fully saturated rings. The summed E-state index contributed by atoms with van der Waals surface area (Å²) in [5.74, 6) is -0.734. The van der Waals surface area contributed by atoms with Crippen LogP contribution in [0, 0.1) is 0 Å². The number of carbonyl (C=O) groups is 2. The Morgan fingerprint density at radius 3 is 2.33 bits per heavy atom. The fourth-order valence-corrected chi connectivity index (χ4v) is 0.806. The summed E-state index contributed by atoms with van der Waals surface area (Å²) in [5, 5.41) is 2.29. The predicted octanol–water partition coefficient (Wildman–Crippen LogP) is 2.58. The van der Waals surface area contributed by atoms with Gasteiger partial charge in [-0.2, -0.15) is 0 Å². The number of alkyl carbamates (subject to hydrolysis) is 1. The number of ether oxygens (including phenoxy) is 1. The molecule has 0 heterocycles. The third kappa shape index (κ3) is 6.60. The van der Waals surface area contributed by atoms with E-state index in [0.717, 1.165) is 6.08 Å². The zero-order chi connectivity index (χ0) is 12.1. The maximum Gasteiger partial charge on any atom is 0.411 e. The molecule has 0 aliphatic rings. The summed E-state index contributed by atoms with van der Waals surface area (Å²) >= 11 is 16.0. The summed E-state index contributed by atoms with van der Waals surface area (Å²) in [4.78, 5) is 22.1. The van der Waals surface area contributed by atoms with Crippen molar-refractivity contribution in [2.75, 3.05) is 6.61 Å². The highest BCUT2D eigenvalue weighted by molar-refractivity contribution is 6.77. The number of hydrogen-bond donors (Lipinski definition) is 1. The molecule has 0 saturated heterocycles. The molecular weight excluding hydrogens is 264 g/mol. The van der Waals surface area contributed by atoms with Gasteiger partial charge in [-0.3, -0.25) is 10.1 Å².